The van der Waals surface area contributed by atoms with E-state index in [0.29, 0.717) is 5.71 Å². The quantitative estimate of drug-likeness (QED) is 0.486. The first-order valence-corrected chi connectivity index (χ1v) is 4.10. The lowest BCUT2D eigenvalue weighted by Crippen LogP contribution is -2.16. The van der Waals surface area contributed by atoms with Crippen LogP contribution in [0.25, 0.3) is 5.53 Å². The van der Waals surface area contributed by atoms with Crippen molar-refractivity contribution in [1.29, 1.82) is 0 Å². The van der Waals surface area contributed by atoms with Crippen LogP contribution in [0.3, 0.4) is 0 Å². The molecule has 0 aliphatic heterocycles. The Kier molecular flexibility index (Phi) is 2.83. The van der Waals surface area contributed by atoms with Gasteiger partial charge in [0.2, 0.25) is 0 Å². The first kappa shape index (κ1) is 8.75. The number of likely N-dealkylation sites (N-methyl/N-ethyl adjacent to an activating group) is 1. The summed E-state index contributed by atoms with van der Waals surface area (Å²) in [6, 6.07) is 0. The smallest absolute Gasteiger partial charge is 0.296 e. The topological polar surface area (TPSA) is 48.4 Å². The van der Waals surface area contributed by atoms with Gasteiger partial charge >= 0.3 is 0 Å². The van der Waals surface area contributed by atoms with Crippen molar-refractivity contribution >= 4 is 5.71 Å². The molecule has 0 saturated carbocycles. The SMILES string of the molecule is CCNC1=C(C)CC(=[N+]=[N-])C=C1. The van der Waals surface area contributed by atoms with Gasteiger partial charge in [0.1, 0.15) is 0 Å². The van der Waals surface area contributed by atoms with Gasteiger partial charge in [0.15, 0.2) is 0 Å². The average Bonchev–Trinajstić information content (AvgIpc) is 2.09. The van der Waals surface area contributed by atoms with Crippen molar-refractivity contribution in [3.63, 3.8) is 0 Å². The van der Waals surface area contributed by atoms with Gasteiger partial charge < -0.3 is 10.8 Å². The van der Waals surface area contributed by atoms with E-state index in [0.717, 1.165) is 18.7 Å². The second-order valence-electron chi connectivity index (χ2n) is 2.83. The molecule has 12 heavy (non-hydrogen) atoms. The van der Waals surface area contributed by atoms with E-state index in [4.69, 9.17) is 5.53 Å². The summed E-state index contributed by atoms with van der Waals surface area (Å²) in [5, 5.41) is 3.24. The Morgan fingerprint density at radius 3 is 2.83 bits per heavy atom. The molecule has 0 unspecified atom stereocenters. The Hall–Kier alpha value is -1.34. The van der Waals surface area contributed by atoms with E-state index in [9.17, 15) is 0 Å². The number of hydrogen-bond donors (Lipinski definition) is 1. The Labute approximate surface area is 72.4 Å². The molecule has 1 aliphatic rings. The molecule has 1 rings (SSSR count). The van der Waals surface area contributed by atoms with Gasteiger partial charge in [-0.05, 0) is 25.5 Å². The van der Waals surface area contributed by atoms with Gasteiger partial charge in [-0.1, -0.05) is 0 Å². The van der Waals surface area contributed by atoms with E-state index in [1.54, 1.807) is 0 Å². The summed E-state index contributed by atoms with van der Waals surface area (Å²) in [5.74, 6) is 0. The molecule has 0 fully saturated rings. The standard InChI is InChI=1S/C9H13N3/c1-3-11-9-5-4-8(12-10)6-7(9)2/h4-5,11H,3,6H2,1-2H3. The number of nitrogens with zero attached hydrogens (tertiary/aromatic N) is 2. The first-order chi connectivity index (χ1) is 5.77. The van der Waals surface area contributed by atoms with E-state index in [1.807, 2.05) is 19.1 Å². The lowest BCUT2D eigenvalue weighted by atomic mass is 10.0. The van der Waals surface area contributed by atoms with Gasteiger partial charge in [-0.25, -0.2) is 0 Å². The third kappa shape index (κ3) is 1.83. The number of rotatable bonds is 2. The van der Waals surface area contributed by atoms with Gasteiger partial charge in [-0.15, -0.1) is 0 Å². The zero-order valence-corrected chi connectivity index (χ0v) is 7.46. The van der Waals surface area contributed by atoms with Crippen LogP contribution >= 0.6 is 0 Å². The van der Waals surface area contributed by atoms with Crippen LogP contribution in [0.1, 0.15) is 20.3 Å². The van der Waals surface area contributed by atoms with Crippen molar-refractivity contribution < 1.29 is 4.79 Å². The molecule has 0 radical (unpaired) electrons. The van der Waals surface area contributed by atoms with Gasteiger partial charge in [-0.2, -0.15) is 4.79 Å². The molecule has 0 heterocycles. The van der Waals surface area contributed by atoms with Gasteiger partial charge in [-0.3, -0.25) is 0 Å². The van der Waals surface area contributed by atoms with Gasteiger partial charge in [0, 0.05) is 18.3 Å². The fourth-order valence-corrected chi connectivity index (χ4v) is 1.22. The summed E-state index contributed by atoms with van der Waals surface area (Å²) in [4.78, 5) is 3.16. The highest BCUT2D eigenvalue weighted by Gasteiger charge is 2.12. The van der Waals surface area contributed by atoms with Gasteiger partial charge in [0.05, 0.1) is 6.42 Å². The maximum absolute atomic E-state index is 8.52. The molecular formula is C9H13N3. The average molecular weight is 163 g/mol. The highest BCUT2D eigenvalue weighted by Crippen LogP contribution is 2.13. The normalized spacial score (nSPS) is 16.3. The van der Waals surface area contributed by atoms with E-state index in [1.165, 1.54) is 5.57 Å². The third-order valence-electron chi connectivity index (χ3n) is 1.84. The maximum Gasteiger partial charge on any atom is 0.296 e. The predicted octanol–water partition coefficient (Wildman–Crippen LogP) is 1.50. The Bertz CT molecular complexity index is 280. The zero-order valence-electron chi connectivity index (χ0n) is 7.46. The van der Waals surface area contributed by atoms with Crippen molar-refractivity contribution in [3.8, 4) is 0 Å². The van der Waals surface area contributed by atoms with Crippen LogP contribution in [0, 0.1) is 0 Å². The van der Waals surface area contributed by atoms with Gasteiger partial charge in [0.25, 0.3) is 5.71 Å². The fraction of sp³-hybridized carbons (Fsp3) is 0.444. The molecular weight excluding hydrogens is 150 g/mol. The Balaban J connectivity index is 2.80. The molecule has 0 atom stereocenters. The molecule has 0 spiro atoms. The van der Waals surface area contributed by atoms with E-state index in [2.05, 4.69) is 17.0 Å². The molecule has 1 aliphatic carbocycles. The van der Waals surface area contributed by atoms with Crippen molar-refractivity contribution in [2.24, 2.45) is 0 Å². The number of allylic oxidation sites excluding steroid dienone is 3. The summed E-state index contributed by atoms with van der Waals surface area (Å²) in [7, 11) is 0. The van der Waals surface area contributed by atoms with E-state index >= 15 is 0 Å². The molecule has 3 nitrogen and oxygen atoms in total. The second kappa shape index (κ2) is 3.88. The highest BCUT2D eigenvalue weighted by molar-refractivity contribution is 5.93. The monoisotopic (exact) mass is 163 g/mol. The lowest BCUT2D eigenvalue weighted by Gasteiger charge is -2.10. The minimum absolute atomic E-state index is 0.717. The van der Waals surface area contributed by atoms with Crippen molar-refractivity contribution in [1.82, 2.24) is 5.32 Å². The van der Waals surface area contributed by atoms with Crippen LogP contribution in [0.15, 0.2) is 23.4 Å². The number of nitrogens with one attached hydrogen (secondary N) is 1. The molecule has 0 aromatic rings. The molecule has 3 heteroatoms. The molecule has 0 saturated heterocycles. The maximum atomic E-state index is 8.52. The summed E-state index contributed by atoms with van der Waals surface area (Å²) in [6.45, 7) is 5.01. The predicted molar refractivity (Wildman–Crippen MR) is 48.8 cm³/mol. The van der Waals surface area contributed by atoms with Crippen molar-refractivity contribution in [2.75, 3.05) is 6.54 Å². The molecule has 0 aromatic carbocycles. The minimum atomic E-state index is 0.717. The molecule has 0 amide bonds. The largest absolute Gasteiger partial charge is 0.385 e. The zero-order chi connectivity index (χ0) is 8.97. The minimum Gasteiger partial charge on any atom is -0.385 e. The summed E-state index contributed by atoms with van der Waals surface area (Å²) >= 11 is 0. The molecule has 1 N–H and O–H groups in total. The van der Waals surface area contributed by atoms with Crippen molar-refractivity contribution in [2.45, 2.75) is 20.3 Å². The van der Waals surface area contributed by atoms with Crippen LogP contribution in [0.4, 0.5) is 0 Å². The summed E-state index contributed by atoms with van der Waals surface area (Å²) in [6.07, 6.45) is 4.50. The number of hydrogen-bond acceptors (Lipinski definition) is 1. The molecule has 64 valence electrons. The van der Waals surface area contributed by atoms with Crippen LogP contribution in [-0.2, 0) is 0 Å². The molecule has 0 bridgehead atoms. The summed E-state index contributed by atoms with van der Waals surface area (Å²) in [5.41, 5.74) is 11.6. The van der Waals surface area contributed by atoms with E-state index < -0.39 is 0 Å². The lowest BCUT2D eigenvalue weighted by molar-refractivity contribution is -0.00564. The Morgan fingerprint density at radius 1 is 1.58 bits per heavy atom. The molecule has 0 aromatic heterocycles. The van der Waals surface area contributed by atoms with Crippen LogP contribution in [-0.4, -0.2) is 17.0 Å². The third-order valence-corrected chi connectivity index (χ3v) is 1.84. The first-order valence-electron chi connectivity index (χ1n) is 4.10. The fourth-order valence-electron chi connectivity index (χ4n) is 1.22. The van der Waals surface area contributed by atoms with Crippen LogP contribution in [0.5, 0.6) is 0 Å². The Morgan fingerprint density at radius 2 is 2.33 bits per heavy atom. The summed E-state index contributed by atoms with van der Waals surface area (Å²) < 4.78 is 0. The van der Waals surface area contributed by atoms with Crippen LogP contribution in [0.2, 0.25) is 0 Å². The van der Waals surface area contributed by atoms with E-state index in [-0.39, 0.29) is 0 Å². The second-order valence-corrected chi connectivity index (χ2v) is 2.83. The van der Waals surface area contributed by atoms with Crippen molar-refractivity contribution in [3.05, 3.63) is 29.0 Å². The van der Waals surface area contributed by atoms with Crippen LogP contribution < -0.4 is 5.32 Å². The highest BCUT2D eigenvalue weighted by atomic mass is 14.9.